The average Bonchev–Trinajstić information content (AvgIpc) is 3.78. The first kappa shape index (κ1) is 26.9. The molecule has 36 heavy (non-hydrogen) atoms. The van der Waals surface area contributed by atoms with E-state index in [0.29, 0.717) is 19.6 Å². The number of anilines is 1. The van der Waals surface area contributed by atoms with E-state index in [-0.39, 0.29) is 47.9 Å². The second-order valence-electron chi connectivity index (χ2n) is 10.5. The van der Waals surface area contributed by atoms with E-state index in [1.807, 2.05) is 24.3 Å². The summed E-state index contributed by atoms with van der Waals surface area (Å²) in [5.41, 5.74) is 1.54. The van der Waals surface area contributed by atoms with E-state index in [1.54, 1.807) is 7.11 Å². The molecule has 8 heteroatoms. The predicted molar refractivity (Wildman–Crippen MR) is 138 cm³/mol. The molecule has 2 heterocycles. The first-order valence-corrected chi connectivity index (χ1v) is 13.2. The van der Waals surface area contributed by atoms with Gasteiger partial charge in [0.05, 0.1) is 18.6 Å². The smallest absolute Gasteiger partial charge is 0.325 e. The fraction of sp³-hybridized carbons (Fsp3) is 0.679. The predicted octanol–water partition coefficient (Wildman–Crippen LogP) is 3.71. The van der Waals surface area contributed by atoms with Crippen LogP contribution in [0.1, 0.15) is 47.0 Å². The highest BCUT2D eigenvalue weighted by Crippen LogP contribution is 2.59. The van der Waals surface area contributed by atoms with Crippen LogP contribution in [0.3, 0.4) is 0 Å². The van der Waals surface area contributed by atoms with Crippen molar-refractivity contribution in [3.63, 3.8) is 0 Å². The van der Waals surface area contributed by atoms with Crippen LogP contribution in [0.15, 0.2) is 35.9 Å². The molecule has 3 aliphatic rings. The molecular weight excluding hydrogens is 460 g/mol. The van der Waals surface area contributed by atoms with Gasteiger partial charge >= 0.3 is 5.97 Å². The van der Waals surface area contributed by atoms with Crippen molar-refractivity contribution in [2.45, 2.75) is 76.5 Å². The number of hydrogen-bond donors (Lipinski definition) is 2. The fourth-order valence-corrected chi connectivity index (χ4v) is 5.54. The number of nitrogens with one attached hydrogen (secondary N) is 2. The van der Waals surface area contributed by atoms with E-state index in [2.05, 4.69) is 44.4 Å². The minimum Gasteiger partial charge on any atom is -0.492 e. The van der Waals surface area contributed by atoms with Crippen molar-refractivity contribution in [2.75, 3.05) is 45.3 Å². The Kier molecular flexibility index (Phi) is 8.60. The zero-order valence-corrected chi connectivity index (χ0v) is 22.3. The van der Waals surface area contributed by atoms with E-state index < -0.39 is 0 Å². The molecule has 2 aliphatic heterocycles. The van der Waals surface area contributed by atoms with Crippen LogP contribution in [0.2, 0.25) is 0 Å². The summed E-state index contributed by atoms with van der Waals surface area (Å²) < 4.78 is 29.8. The highest BCUT2D eigenvalue weighted by Gasteiger charge is 2.72. The second-order valence-corrected chi connectivity index (χ2v) is 10.5. The maximum atomic E-state index is 12.8. The van der Waals surface area contributed by atoms with Crippen LogP contribution in [-0.4, -0.2) is 75.4 Å². The molecule has 4 rings (SSSR count). The number of carbonyl (C=O) groups excluding carboxylic acids is 1. The molecular formula is C28H42N2O6. The van der Waals surface area contributed by atoms with E-state index >= 15 is 0 Å². The topological polar surface area (TPSA) is 93.9 Å². The third-order valence-electron chi connectivity index (χ3n) is 7.61. The van der Waals surface area contributed by atoms with Gasteiger partial charge in [-0.25, -0.2) is 0 Å². The van der Waals surface area contributed by atoms with Crippen LogP contribution in [0.25, 0.3) is 0 Å². The van der Waals surface area contributed by atoms with Crippen molar-refractivity contribution in [3.05, 3.63) is 35.9 Å². The summed E-state index contributed by atoms with van der Waals surface area (Å²) in [7, 11) is 1.69. The molecule has 0 bridgehead atoms. The van der Waals surface area contributed by atoms with Gasteiger partial charge in [-0.3, -0.25) is 4.79 Å². The molecule has 2 N–H and O–H groups in total. The van der Waals surface area contributed by atoms with Gasteiger partial charge in [0.1, 0.15) is 42.3 Å². The molecule has 0 unspecified atom stereocenters. The minimum atomic E-state index is -0.344. The van der Waals surface area contributed by atoms with Crippen molar-refractivity contribution in [3.8, 4) is 5.75 Å². The lowest BCUT2D eigenvalue weighted by molar-refractivity contribution is -0.170. The first-order valence-electron chi connectivity index (χ1n) is 13.2. The van der Waals surface area contributed by atoms with Crippen molar-refractivity contribution in [1.82, 2.24) is 5.32 Å². The zero-order valence-electron chi connectivity index (χ0n) is 22.3. The van der Waals surface area contributed by atoms with Crippen molar-refractivity contribution < 1.29 is 28.5 Å². The lowest BCUT2D eigenvalue weighted by Gasteiger charge is -2.42. The highest BCUT2D eigenvalue weighted by molar-refractivity contribution is 5.75. The molecule has 1 aromatic rings. The quantitative estimate of drug-likeness (QED) is 0.183. The lowest BCUT2D eigenvalue weighted by atomic mass is 9.68. The molecule has 0 amide bonds. The standard InChI is InChI=1S/C28H42N2O6/c1-6-29-15-16-33-21-10-8-20(9-11-21)30-17-24(31)35-22-13-14-28(18-34-28)26(25(22)32-5)27(4)23(36-27)12-7-19(2)3/h7-11,22-23,25-26,29-30H,6,12-18H2,1-5H3/t22-,23-,25-,26-,27-,28+/m1/s1. The van der Waals surface area contributed by atoms with Crippen LogP contribution >= 0.6 is 0 Å². The Morgan fingerprint density at radius 2 is 2.00 bits per heavy atom. The van der Waals surface area contributed by atoms with Crippen LogP contribution in [-0.2, 0) is 23.7 Å². The number of epoxide rings is 2. The molecule has 0 radical (unpaired) electrons. The average molecular weight is 503 g/mol. The van der Waals surface area contributed by atoms with Gasteiger partial charge in [-0.1, -0.05) is 18.6 Å². The Labute approximate surface area is 215 Å². The van der Waals surface area contributed by atoms with Crippen LogP contribution in [0, 0.1) is 5.92 Å². The molecule has 200 valence electrons. The molecule has 1 saturated carbocycles. The SMILES string of the molecule is CCNCCOc1ccc(NCC(=O)O[C@@H]2CC[C@]3(CO3)[C@@H]([C@]3(C)O[C@@H]3CC=C(C)C)[C@@H]2OC)cc1. The summed E-state index contributed by atoms with van der Waals surface area (Å²) >= 11 is 0. The van der Waals surface area contributed by atoms with Gasteiger partial charge in [0, 0.05) is 19.3 Å². The van der Waals surface area contributed by atoms with Gasteiger partial charge in [-0.2, -0.15) is 0 Å². The van der Waals surface area contributed by atoms with Gasteiger partial charge in [-0.15, -0.1) is 0 Å². The van der Waals surface area contributed by atoms with Crippen molar-refractivity contribution in [2.24, 2.45) is 5.92 Å². The fourth-order valence-electron chi connectivity index (χ4n) is 5.54. The number of benzene rings is 1. The van der Waals surface area contributed by atoms with E-state index in [4.69, 9.17) is 23.7 Å². The van der Waals surface area contributed by atoms with Gasteiger partial charge in [0.2, 0.25) is 0 Å². The van der Waals surface area contributed by atoms with Crippen LogP contribution < -0.4 is 15.4 Å². The van der Waals surface area contributed by atoms with Gasteiger partial charge in [-0.05, 0) is 70.8 Å². The second kappa shape index (κ2) is 11.5. The number of rotatable bonds is 13. The number of esters is 1. The summed E-state index contributed by atoms with van der Waals surface area (Å²) in [6.45, 7) is 11.5. The summed E-state index contributed by atoms with van der Waals surface area (Å²) in [6, 6.07) is 7.58. The summed E-state index contributed by atoms with van der Waals surface area (Å²) in [5, 5.41) is 6.37. The Hall–Kier alpha value is -2.13. The number of likely N-dealkylation sites (N-methyl/N-ethyl adjacent to an activating group) is 1. The molecule has 0 aromatic heterocycles. The number of carbonyl (C=O) groups is 1. The molecule has 1 spiro atoms. The third kappa shape index (κ3) is 6.22. The maximum absolute atomic E-state index is 12.8. The van der Waals surface area contributed by atoms with Crippen molar-refractivity contribution >= 4 is 11.7 Å². The Morgan fingerprint density at radius 3 is 2.64 bits per heavy atom. The number of ether oxygens (including phenoxy) is 5. The largest absolute Gasteiger partial charge is 0.492 e. The minimum absolute atomic E-state index is 0.0187. The first-order chi connectivity index (χ1) is 17.3. The lowest BCUT2D eigenvalue weighted by Crippen LogP contribution is -2.55. The summed E-state index contributed by atoms with van der Waals surface area (Å²) in [6.07, 6.45) is 4.16. The monoisotopic (exact) mass is 502 g/mol. The third-order valence-corrected chi connectivity index (χ3v) is 7.61. The number of allylic oxidation sites excluding steroid dienone is 1. The van der Waals surface area contributed by atoms with E-state index in [0.717, 1.165) is 37.4 Å². The van der Waals surface area contributed by atoms with Gasteiger partial charge < -0.3 is 34.3 Å². The Bertz CT molecular complexity index is 911. The van der Waals surface area contributed by atoms with Gasteiger partial charge in [0.25, 0.3) is 0 Å². The van der Waals surface area contributed by atoms with E-state index in [9.17, 15) is 4.79 Å². The molecule has 6 atom stereocenters. The van der Waals surface area contributed by atoms with Crippen molar-refractivity contribution in [1.29, 1.82) is 0 Å². The molecule has 8 nitrogen and oxygen atoms in total. The molecule has 2 saturated heterocycles. The van der Waals surface area contributed by atoms with Crippen LogP contribution in [0.4, 0.5) is 5.69 Å². The number of hydrogen-bond acceptors (Lipinski definition) is 8. The summed E-state index contributed by atoms with van der Waals surface area (Å²) in [5.74, 6) is 0.514. The van der Waals surface area contributed by atoms with Gasteiger partial charge in [0.15, 0.2) is 0 Å². The zero-order chi connectivity index (χ0) is 25.8. The molecule has 1 aromatic carbocycles. The molecule has 3 fully saturated rings. The number of methoxy groups -OCH3 is 1. The molecule has 1 aliphatic carbocycles. The highest BCUT2D eigenvalue weighted by atomic mass is 16.6. The Morgan fingerprint density at radius 1 is 1.25 bits per heavy atom. The van der Waals surface area contributed by atoms with E-state index in [1.165, 1.54) is 5.57 Å². The normalized spacial score (nSPS) is 32.6. The van der Waals surface area contributed by atoms with Crippen LogP contribution in [0.5, 0.6) is 5.75 Å². The summed E-state index contributed by atoms with van der Waals surface area (Å²) in [4.78, 5) is 12.8. The Balaban J connectivity index is 1.30. The maximum Gasteiger partial charge on any atom is 0.325 e.